The highest BCUT2D eigenvalue weighted by Crippen LogP contribution is 2.46. The number of carbonyl (C=O) groups excluding carboxylic acids is 2. The Hall–Kier alpha value is -1.15. The van der Waals surface area contributed by atoms with Crippen molar-refractivity contribution in [1.82, 2.24) is 10.2 Å². The number of nitrogens with one attached hydrogen (secondary N) is 1. The van der Waals surface area contributed by atoms with Gasteiger partial charge < -0.3 is 19.5 Å². The molecule has 1 N–H and O–H groups in total. The van der Waals surface area contributed by atoms with E-state index in [1.165, 1.54) is 4.90 Å². The van der Waals surface area contributed by atoms with Gasteiger partial charge in [0.1, 0.15) is 6.17 Å². The van der Waals surface area contributed by atoms with Crippen molar-refractivity contribution in [3.8, 4) is 0 Å². The van der Waals surface area contributed by atoms with Crippen molar-refractivity contribution >= 4 is 18.9 Å². The smallest absolute Gasteiger partial charge is 0.403 e. The molecular formula is C16H26BFN2O4. The van der Waals surface area contributed by atoms with Crippen LogP contribution in [0, 0.1) is 0 Å². The molecule has 3 fully saturated rings. The lowest BCUT2D eigenvalue weighted by atomic mass is 9.61. The molecule has 0 aromatic heterocycles. The summed E-state index contributed by atoms with van der Waals surface area (Å²) < 4.78 is 26.9. The SMILES string of the molecule is CCN1C(=O)C(=O)NC2CC(B3OC(C)(C)C(C)(C)O3)C(F)CC21. The molecule has 2 aliphatic heterocycles. The summed E-state index contributed by atoms with van der Waals surface area (Å²) >= 11 is 0. The summed E-state index contributed by atoms with van der Waals surface area (Å²) in [5.41, 5.74) is -1.04. The van der Waals surface area contributed by atoms with Crippen LogP contribution in [0.2, 0.25) is 5.82 Å². The summed E-state index contributed by atoms with van der Waals surface area (Å²) in [5, 5.41) is 2.74. The number of hydrogen-bond donors (Lipinski definition) is 1. The minimum absolute atomic E-state index is 0.194. The summed E-state index contributed by atoms with van der Waals surface area (Å²) in [6, 6.07) is -0.556. The summed E-state index contributed by atoms with van der Waals surface area (Å²) in [7, 11) is -0.643. The van der Waals surface area contributed by atoms with Crippen LogP contribution in [0.15, 0.2) is 0 Å². The predicted octanol–water partition coefficient (Wildman–Crippen LogP) is 1.30. The number of amides is 2. The maximum Gasteiger partial charge on any atom is 0.464 e. The minimum Gasteiger partial charge on any atom is -0.403 e. The average molecular weight is 340 g/mol. The van der Waals surface area contributed by atoms with Crippen LogP contribution < -0.4 is 5.32 Å². The van der Waals surface area contributed by atoms with Gasteiger partial charge in [0.05, 0.1) is 17.2 Å². The van der Waals surface area contributed by atoms with E-state index in [0.717, 1.165) is 0 Å². The first-order chi connectivity index (χ1) is 11.1. The first kappa shape index (κ1) is 17.7. The second kappa shape index (κ2) is 5.69. The highest BCUT2D eigenvalue weighted by atomic mass is 19.1. The number of fused-ring (bicyclic) bond motifs is 1. The maximum atomic E-state index is 14.9. The van der Waals surface area contributed by atoms with E-state index >= 15 is 0 Å². The molecule has 3 aliphatic rings. The molecular weight excluding hydrogens is 314 g/mol. The molecule has 24 heavy (non-hydrogen) atoms. The van der Waals surface area contributed by atoms with E-state index in [1.807, 2.05) is 27.7 Å². The topological polar surface area (TPSA) is 67.9 Å². The fourth-order valence-electron chi connectivity index (χ4n) is 3.90. The van der Waals surface area contributed by atoms with Crippen LogP contribution in [-0.4, -0.2) is 59.8 Å². The number of rotatable bonds is 2. The van der Waals surface area contributed by atoms with Crippen LogP contribution in [-0.2, 0) is 18.9 Å². The molecule has 4 unspecified atom stereocenters. The third-order valence-corrected chi connectivity index (χ3v) is 6.06. The van der Waals surface area contributed by atoms with Crippen LogP contribution in [0.25, 0.3) is 0 Å². The largest absolute Gasteiger partial charge is 0.464 e. The van der Waals surface area contributed by atoms with E-state index in [4.69, 9.17) is 9.31 Å². The Labute approximate surface area is 142 Å². The van der Waals surface area contributed by atoms with Gasteiger partial charge in [-0.25, -0.2) is 4.39 Å². The monoisotopic (exact) mass is 340 g/mol. The third kappa shape index (κ3) is 2.64. The fraction of sp³-hybridized carbons (Fsp3) is 0.875. The lowest BCUT2D eigenvalue weighted by Crippen LogP contribution is -2.66. The number of halogens is 1. The lowest BCUT2D eigenvalue weighted by molar-refractivity contribution is -0.153. The molecule has 0 aromatic rings. The van der Waals surface area contributed by atoms with Gasteiger partial charge in [-0.2, -0.15) is 0 Å². The molecule has 4 atom stereocenters. The standard InChI is InChI=1S/C16H26BFN2O4/c1-6-20-12-8-10(18)9(7-11(12)19-13(21)14(20)22)17-23-15(2,3)16(4,5)24-17/h9-12H,6-8H2,1-5H3,(H,19,21). The molecule has 2 amide bonds. The second-order valence-corrected chi connectivity index (χ2v) is 8.01. The van der Waals surface area contributed by atoms with Gasteiger partial charge in [0.15, 0.2) is 0 Å². The third-order valence-electron chi connectivity index (χ3n) is 6.06. The zero-order valence-corrected chi connectivity index (χ0v) is 15.0. The molecule has 2 heterocycles. The van der Waals surface area contributed by atoms with Gasteiger partial charge in [-0.05, 0) is 41.0 Å². The molecule has 6 nitrogen and oxygen atoms in total. The minimum atomic E-state index is -1.14. The quantitative estimate of drug-likeness (QED) is 0.608. The molecule has 134 valence electrons. The van der Waals surface area contributed by atoms with Crippen molar-refractivity contribution in [3.63, 3.8) is 0 Å². The van der Waals surface area contributed by atoms with E-state index in [2.05, 4.69) is 5.32 Å². The Morgan fingerprint density at radius 1 is 1.21 bits per heavy atom. The molecule has 0 aromatic carbocycles. The molecule has 3 rings (SSSR count). The van der Waals surface area contributed by atoms with Gasteiger partial charge in [0, 0.05) is 24.8 Å². The van der Waals surface area contributed by atoms with Gasteiger partial charge in [-0.1, -0.05) is 0 Å². The molecule has 1 saturated carbocycles. The molecule has 0 spiro atoms. The average Bonchev–Trinajstić information content (AvgIpc) is 2.69. The highest BCUT2D eigenvalue weighted by molar-refractivity contribution is 6.47. The number of nitrogens with zero attached hydrogens (tertiary/aromatic N) is 1. The Morgan fingerprint density at radius 3 is 2.33 bits per heavy atom. The normalized spacial score (nSPS) is 38.1. The van der Waals surface area contributed by atoms with Crippen LogP contribution in [0.1, 0.15) is 47.5 Å². The molecule has 8 heteroatoms. The Bertz CT molecular complexity index is 540. The Kier molecular flexibility index (Phi) is 4.19. The van der Waals surface area contributed by atoms with Crippen LogP contribution in [0.4, 0.5) is 4.39 Å². The van der Waals surface area contributed by atoms with Crippen molar-refractivity contribution in [2.45, 2.75) is 82.7 Å². The van der Waals surface area contributed by atoms with Crippen molar-refractivity contribution < 1.29 is 23.3 Å². The fourth-order valence-corrected chi connectivity index (χ4v) is 3.90. The first-order valence-electron chi connectivity index (χ1n) is 8.68. The van der Waals surface area contributed by atoms with Gasteiger partial charge >= 0.3 is 18.9 Å². The van der Waals surface area contributed by atoms with E-state index in [0.29, 0.717) is 13.0 Å². The van der Waals surface area contributed by atoms with Gasteiger partial charge in [0.25, 0.3) is 0 Å². The van der Waals surface area contributed by atoms with Gasteiger partial charge in [-0.15, -0.1) is 0 Å². The van der Waals surface area contributed by atoms with Gasteiger partial charge in [-0.3, -0.25) is 9.59 Å². The van der Waals surface area contributed by atoms with Crippen LogP contribution in [0.3, 0.4) is 0 Å². The summed E-state index contributed by atoms with van der Waals surface area (Å²) in [5.74, 6) is -1.64. The number of carbonyl (C=O) groups is 2. The van der Waals surface area contributed by atoms with Crippen molar-refractivity contribution in [2.24, 2.45) is 0 Å². The summed E-state index contributed by atoms with van der Waals surface area (Å²) in [4.78, 5) is 25.3. The van der Waals surface area contributed by atoms with Crippen molar-refractivity contribution in [2.75, 3.05) is 6.54 Å². The van der Waals surface area contributed by atoms with Crippen LogP contribution >= 0.6 is 0 Å². The zero-order chi connectivity index (χ0) is 17.9. The van der Waals surface area contributed by atoms with Crippen LogP contribution in [0.5, 0.6) is 0 Å². The molecule has 1 aliphatic carbocycles. The van der Waals surface area contributed by atoms with E-state index < -0.39 is 42.1 Å². The summed E-state index contributed by atoms with van der Waals surface area (Å²) in [6.07, 6.45) is -0.546. The number of alkyl halides is 1. The predicted molar refractivity (Wildman–Crippen MR) is 87.1 cm³/mol. The summed E-state index contributed by atoms with van der Waals surface area (Å²) in [6.45, 7) is 9.96. The van der Waals surface area contributed by atoms with E-state index in [1.54, 1.807) is 6.92 Å². The number of piperazine rings is 1. The van der Waals surface area contributed by atoms with Crippen molar-refractivity contribution in [1.29, 1.82) is 0 Å². The number of likely N-dealkylation sites (N-methyl/N-ethyl adjacent to an activating group) is 1. The first-order valence-corrected chi connectivity index (χ1v) is 8.68. The maximum absolute atomic E-state index is 14.9. The van der Waals surface area contributed by atoms with Gasteiger partial charge in [0.2, 0.25) is 0 Å². The second-order valence-electron chi connectivity index (χ2n) is 8.01. The Morgan fingerprint density at radius 2 is 1.79 bits per heavy atom. The zero-order valence-electron chi connectivity index (χ0n) is 15.0. The lowest BCUT2D eigenvalue weighted by Gasteiger charge is -2.46. The molecule has 0 bridgehead atoms. The Balaban J connectivity index is 1.78. The number of hydrogen-bond acceptors (Lipinski definition) is 4. The van der Waals surface area contributed by atoms with E-state index in [-0.39, 0.29) is 18.5 Å². The highest BCUT2D eigenvalue weighted by Gasteiger charge is 2.58. The molecule has 2 saturated heterocycles. The molecule has 0 radical (unpaired) electrons. The van der Waals surface area contributed by atoms with Crippen molar-refractivity contribution in [3.05, 3.63) is 0 Å². The van der Waals surface area contributed by atoms with E-state index in [9.17, 15) is 14.0 Å².